The van der Waals surface area contributed by atoms with Crippen molar-refractivity contribution in [2.24, 2.45) is 7.05 Å². The highest BCUT2D eigenvalue weighted by atomic mass is 31.3. The zero-order valence-corrected chi connectivity index (χ0v) is 18.1. The summed E-state index contributed by atoms with van der Waals surface area (Å²) >= 11 is 0. The van der Waals surface area contributed by atoms with E-state index in [-0.39, 0.29) is 12.0 Å². The van der Waals surface area contributed by atoms with E-state index in [1.807, 2.05) is 0 Å². The second-order valence-corrected chi connectivity index (χ2v) is 10.6. The Labute approximate surface area is 167 Å². The highest BCUT2D eigenvalue weighted by molar-refractivity contribution is 7.66. The number of ether oxygens (including phenoxy) is 1. The van der Waals surface area contributed by atoms with E-state index in [0.717, 1.165) is 9.13 Å². The van der Waals surface area contributed by atoms with E-state index in [9.17, 15) is 33.3 Å². The van der Waals surface area contributed by atoms with Crippen LogP contribution in [0.4, 0.5) is 0 Å². The van der Waals surface area contributed by atoms with Gasteiger partial charge in [-0.1, -0.05) is 0 Å². The Balaban J connectivity index is 2.07. The standard InChI is InChI=1S/C11H19N2O14P3/c1-6-4-13(11(16)12(2)10(6)15)9-3-7(14)8(25-9)5-24-29(20,21)27-30(22,23)26-28(17,18)19/h4,7-9,14H,3,5H2,1-2H3,(H,20,21)(H,22,23)(H2,17,18,19)/t7-,8+,9+/m0/s1. The van der Waals surface area contributed by atoms with Crippen LogP contribution in [0, 0.1) is 6.92 Å². The van der Waals surface area contributed by atoms with Gasteiger partial charge in [0.1, 0.15) is 12.3 Å². The highest BCUT2D eigenvalue weighted by Crippen LogP contribution is 2.66. The first kappa shape index (κ1) is 25.3. The van der Waals surface area contributed by atoms with Gasteiger partial charge in [-0.3, -0.25) is 18.5 Å². The third-order valence-corrected chi connectivity index (χ3v) is 7.62. The van der Waals surface area contributed by atoms with Gasteiger partial charge in [-0.2, -0.15) is 8.62 Å². The number of nitrogens with zero attached hydrogens (tertiary/aromatic N) is 2. The van der Waals surface area contributed by atoms with Gasteiger partial charge in [0.25, 0.3) is 5.56 Å². The van der Waals surface area contributed by atoms with Gasteiger partial charge in [-0.05, 0) is 6.92 Å². The van der Waals surface area contributed by atoms with Gasteiger partial charge in [0.15, 0.2) is 0 Å². The maximum absolute atomic E-state index is 12.2. The Morgan fingerprint density at radius 2 is 1.73 bits per heavy atom. The summed E-state index contributed by atoms with van der Waals surface area (Å²) in [7, 11) is -15.4. The van der Waals surface area contributed by atoms with Crippen molar-refractivity contribution in [2.75, 3.05) is 6.61 Å². The Kier molecular flexibility index (Phi) is 7.47. The summed E-state index contributed by atoms with van der Waals surface area (Å²) in [5, 5.41) is 10.1. The van der Waals surface area contributed by atoms with Gasteiger partial charge in [0.05, 0.1) is 12.7 Å². The fraction of sp³-hybridized carbons (Fsp3) is 0.636. The molecular weight excluding hydrogens is 477 g/mol. The van der Waals surface area contributed by atoms with Crippen molar-refractivity contribution >= 4 is 23.5 Å². The summed E-state index contributed by atoms with van der Waals surface area (Å²) in [6.07, 6.45) is -2.63. The summed E-state index contributed by atoms with van der Waals surface area (Å²) in [6.45, 7) is 0.581. The van der Waals surface area contributed by atoms with Gasteiger partial charge in [-0.25, -0.2) is 18.5 Å². The Hall–Kier alpha value is -0.990. The normalized spacial score (nSPS) is 26.3. The first-order valence-electron chi connectivity index (χ1n) is 7.92. The number of hydrogen-bond donors (Lipinski definition) is 5. The lowest BCUT2D eigenvalue weighted by Gasteiger charge is -2.19. The Morgan fingerprint density at radius 1 is 1.13 bits per heavy atom. The number of phosphoric ester groups is 1. The quantitative estimate of drug-likeness (QED) is 0.267. The molecule has 5 atom stereocenters. The molecule has 0 amide bonds. The van der Waals surface area contributed by atoms with Crippen molar-refractivity contribution in [3.05, 3.63) is 32.6 Å². The van der Waals surface area contributed by atoms with E-state index in [0.29, 0.717) is 0 Å². The van der Waals surface area contributed by atoms with E-state index in [2.05, 4.69) is 13.1 Å². The molecule has 0 saturated carbocycles. The van der Waals surface area contributed by atoms with E-state index < -0.39 is 59.8 Å². The third-order valence-electron chi connectivity index (χ3n) is 3.81. The third kappa shape index (κ3) is 6.50. The number of aromatic nitrogens is 2. The number of aryl methyl sites for hydroxylation is 1. The summed E-state index contributed by atoms with van der Waals surface area (Å²) in [5.74, 6) is 0. The molecule has 5 N–H and O–H groups in total. The molecule has 172 valence electrons. The van der Waals surface area contributed by atoms with Crippen LogP contribution in [0.15, 0.2) is 15.8 Å². The first-order valence-corrected chi connectivity index (χ1v) is 12.4. The minimum atomic E-state index is -5.68. The largest absolute Gasteiger partial charge is 0.490 e. The lowest BCUT2D eigenvalue weighted by Crippen LogP contribution is -2.40. The highest BCUT2D eigenvalue weighted by Gasteiger charge is 2.43. The molecule has 2 unspecified atom stereocenters. The minimum Gasteiger partial charge on any atom is -0.390 e. The van der Waals surface area contributed by atoms with E-state index >= 15 is 0 Å². The number of hydrogen-bond acceptors (Lipinski definition) is 10. The van der Waals surface area contributed by atoms with Crippen molar-refractivity contribution < 1.29 is 56.3 Å². The lowest BCUT2D eigenvalue weighted by atomic mass is 10.2. The molecule has 1 aromatic rings. The molecule has 30 heavy (non-hydrogen) atoms. The van der Waals surface area contributed by atoms with Crippen LogP contribution in [0.2, 0.25) is 0 Å². The van der Waals surface area contributed by atoms with Crippen LogP contribution in [-0.2, 0) is 38.6 Å². The lowest BCUT2D eigenvalue weighted by molar-refractivity contribution is -0.0453. The van der Waals surface area contributed by atoms with Crippen LogP contribution in [0.25, 0.3) is 0 Å². The van der Waals surface area contributed by atoms with Gasteiger partial charge >= 0.3 is 29.2 Å². The Morgan fingerprint density at radius 3 is 2.30 bits per heavy atom. The van der Waals surface area contributed by atoms with Crippen molar-refractivity contribution in [3.63, 3.8) is 0 Å². The van der Waals surface area contributed by atoms with Crippen molar-refractivity contribution in [3.8, 4) is 0 Å². The van der Waals surface area contributed by atoms with Crippen molar-refractivity contribution in [2.45, 2.75) is 31.8 Å². The summed E-state index contributed by atoms with van der Waals surface area (Å²) in [4.78, 5) is 59.4. The molecule has 16 nitrogen and oxygen atoms in total. The summed E-state index contributed by atoms with van der Waals surface area (Å²) in [5.41, 5.74) is -1.05. The molecule has 1 saturated heterocycles. The molecule has 0 spiro atoms. The second kappa shape index (κ2) is 8.87. The van der Waals surface area contributed by atoms with Crippen LogP contribution in [0.3, 0.4) is 0 Å². The van der Waals surface area contributed by atoms with Gasteiger partial charge in [0, 0.05) is 25.2 Å². The van der Waals surface area contributed by atoms with Crippen molar-refractivity contribution in [1.29, 1.82) is 0 Å². The molecule has 1 fully saturated rings. The van der Waals surface area contributed by atoms with Crippen LogP contribution in [-0.4, -0.2) is 52.6 Å². The molecule has 0 bridgehead atoms. The predicted octanol–water partition coefficient (Wildman–Crippen LogP) is -1.15. The number of phosphoric acid groups is 3. The van der Waals surface area contributed by atoms with Gasteiger partial charge in [-0.15, -0.1) is 0 Å². The molecule has 2 heterocycles. The molecule has 1 aromatic heterocycles. The van der Waals surface area contributed by atoms with E-state index in [1.165, 1.54) is 20.2 Å². The maximum atomic E-state index is 12.2. The van der Waals surface area contributed by atoms with Crippen LogP contribution >= 0.6 is 23.5 Å². The summed E-state index contributed by atoms with van der Waals surface area (Å²) in [6, 6.07) is 0. The average Bonchev–Trinajstić information content (AvgIpc) is 2.92. The molecule has 0 radical (unpaired) electrons. The van der Waals surface area contributed by atoms with Crippen LogP contribution in [0.1, 0.15) is 18.2 Å². The average molecular weight is 496 g/mol. The van der Waals surface area contributed by atoms with Crippen LogP contribution < -0.4 is 11.2 Å². The zero-order valence-electron chi connectivity index (χ0n) is 15.4. The zero-order chi connectivity index (χ0) is 23.1. The van der Waals surface area contributed by atoms with Gasteiger partial charge < -0.3 is 29.4 Å². The number of aliphatic hydroxyl groups is 1. The smallest absolute Gasteiger partial charge is 0.390 e. The first-order chi connectivity index (χ1) is 13.5. The number of rotatable bonds is 8. The Bertz CT molecular complexity index is 1060. The minimum absolute atomic E-state index is 0.165. The predicted molar refractivity (Wildman–Crippen MR) is 95.0 cm³/mol. The monoisotopic (exact) mass is 496 g/mol. The molecule has 2 rings (SSSR count). The molecule has 1 aliphatic heterocycles. The summed E-state index contributed by atoms with van der Waals surface area (Å²) < 4.78 is 52.4. The topological polar surface area (TPSA) is 233 Å². The molecular formula is C11H19N2O14P3. The SMILES string of the molecule is Cc1cn([C@H]2C[C@H](O)[C@@H](COP(=O)(O)OP(=O)(O)OP(=O)(O)O)O2)c(=O)n(C)c1=O. The van der Waals surface area contributed by atoms with Crippen molar-refractivity contribution in [1.82, 2.24) is 9.13 Å². The fourth-order valence-corrected chi connectivity index (χ4v) is 5.59. The maximum Gasteiger partial charge on any atom is 0.490 e. The van der Waals surface area contributed by atoms with E-state index in [4.69, 9.17) is 19.4 Å². The molecule has 0 aromatic carbocycles. The van der Waals surface area contributed by atoms with E-state index in [1.54, 1.807) is 0 Å². The number of aliphatic hydroxyl groups excluding tert-OH is 1. The second-order valence-electron chi connectivity index (χ2n) is 6.19. The fourth-order valence-electron chi connectivity index (χ4n) is 2.56. The molecule has 1 aliphatic rings. The molecule has 19 heteroatoms. The van der Waals surface area contributed by atoms with Crippen LogP contribution in [0.5, 0.6) is 0 Å². The molecule has 0 aliphatic carbocycles. The van der Waals surface area contributed by atoms with Gasteiger partial charge in [0.2, 0.25) is 0 Å².